The number of rotatable bonds is 4. The lowest BCUT2D eigenvalue weighted by Crippen LogP contribution is -2.28. The first-order valence-electron chi connectivity index (χ1n) is 7.02. The van der Waals surface area contributed by atoms with E-state index in [1.54, 1.807) is 12.1 Å². The average Bonchev–Trinajstić information content (AvgIpc) is 3.19. The fourth-order valence-corrected chi connectivity index (χ4v) is 2.66. The summed E-state index contributed by atoms with van der Waals surface area (Å²) < 4.78 is 0. The smallest absolute Gasteiger partial charge is 0.253 e. The molecule has 2 heterocycles. The minimum atomic E-state index is 0.0371. The molecule has 1 aromatic carbocycles. The minimum absolute atomic E-state index is 0.0371. The van der Waals surface area contributed by atoms with Gasteiger partial charge in [0.25, 0.3) is 5.91 Å². The summed E-state index contributed by atoms with van der Waals surface area (Å²) in [5, 5.41) is 22.7. The van der Waals surface area contributed by atoms with Gasteiger partial charge in [0.05, 0.1) is 0 Å². The molecule has 2 N–H and O–H groups in total. The van der Waals surface area contributed by atoms with Crippen LogP contribution in [-0.4, -0.2) is 56.2 Å². The molecule has 1 unspecified atom stereocenters. The second kappa shape index (κ2) is 6.01. The molecule has 7 heteroatoms. The van der Waals surface area contributed by atoms with Gasteiger partial charge in [-0.3, -0.25) is 4.79 Å². The second-order valence-corrected chi connectivity index (χ2v) is 5.23. The highest BCUT2D eigenvalue weighted by atomic mass is 16.3. The van der Waals surface area contributed by atoms with E-state index >= 15 is 0 Å². The SMILES string of the molecule is O=C(c1ccc(-c2nn[nH]n2)cc1)N1CCC(CCO)C1. The number of aromatic nitrogens is 4. The van der Waals surface area contributed by atoms with Gasteiger partial charge in [0, 0.05) is 30.8 Å². The van der Waals surface area contributed by atoms with E-state index in [1.807, 2.05) is 17.0 Å². The normalized spacial score (nSPS) is 18.1. The van der Waals surface area contributed by atoms with E-state index in [4.69, 9.17) is 5.11 Å². The van der Waals surface area contributed by atoms with Crippen LogP contribution in [0.4, 0.5) is 0 Å². The number of hydrogen-bond donors (Lipinski definition) is 2. The van der Waals surface area contributed by atoms with Gasteiger partial charge in [-0.25, -0.2) is 0 Å². The number of benzene rings is 1. The Labute approximate surface area is 122 Å². The summed E-state index contributed by atoms with van der Waals surface area (Å²) in [6, 6.07) is 7.21. The van der Waals surface area contributed by atoms with Crippen LogP contribution in [0.25, 0.3) is 11.4 Å². The monoisotopic (exact) mass is 287 g/mol. The van der Waals surface area contributed by atoms with Crippen LogP contribution in [0, 0.1) is 5.92 Å². The Morgan fingerprint density at radius 1 is 1.38 bits per heavy atom. The number of H-pyrrole nitrogens is 1. The molecule has 3 rings (SSSR count). The van der Waals surface area contributed by atoms with Crippen molar-refractivity contribution >= 4 is 5.91 Å². The van der Waals surface area contributed by atoms with Crippen molar-refractivity contribution in [2.45, 2.75) is 12.8 Å². The van der Waals surface area contributed by atoms with Crippen molar-refractivity contribution in [2.24, 2.45) is 5.92 Å². The molecule has 1 aliphatic rings. The fourth-order valence-electron chi connectivity index (χ4n) is 2.66. The van der Waals surface area contributed by atoms with E-state index in [2.05, 4.69) is 20.6 Å². The van der Waals surface area contributed by atoms with Crippen LogP contribution in [-0.2, 0) is 0 Å². The molecule has 1 aromatic heterocycles. The fraction of sp³-hybridized carbons (Fsp3) is 0.429. The third kappa shape index (κ3) is 2.92. The number of nitrogens with one attached hydrogen (secondary N) is 1. The Balaban J connectivity index is 1.68. The van der Waals surface area contributed by atoms with Crippen molar-refractivity contribution in [3.63, 3.8) is 0 Å². The molecular formula is C14H17N5O2. The first-order valence-corrected chi connectivity index (χ1v) is 7.02. The standard InChI is InChI=1S/C14H17N5O2/c20-8-6-10-5-7-19(9-10)14(21)12-3-1-11(2-4-12)13-15-17-18-16-13/h1-4,10,20H,5-9H2,(H,15,16,17,18). The molecule has 2 aromatic rings. The molecule has 1 aliphatic heterocycles. The molecular weight excluding hydrogens is 270 g/mol. The molecule has 21 heavy (non-hydrogen) atoms. The number of likely N-dealkylation sites (tertiary alicyclic amines) is 1. The third-order valence-corrected chi connectivity index (χ3v) is 3.85. The van der Waals surface area contributed by atoms with Gasteiger partial charge >= 0.3 is 0 Å². The van der Waals surface area contributed by atoms with E-state index in [9.17, 15) is 4.79 Å². The highest BCUT2D eigenvalue weighted by Gasteiger charge is 2.26. The summed E-state index contributed by atoms with van der Waals surface area (Å²) in [4.78, 5) is 14.3. The Hall–Kier alpha value is -2.28. The Kier molecular flexibility index (Phi) is 3.92. The number of aromatic amines is 1. The summed E-state index contributed by atoms with van der Waals surface area (Å²) in [5.41, 5.74) is 1.48. The van der Waals surface area contributed by atoms with Gasteiger partial charge in [-0.1, -0.05) is 12.1 Å². The number of amides is 1. The predicted molar refractivity (Wildman–Crippen MR) is 75.3 cm³/mol. The van der Waals surface area contributed by atoms with E-state index in [-0.39, 0.29) is 12.5 Å². The second-order valence-electron chi connectivity index (χ2n) is 5.23. The van der Waals surface area contributed by atoms with Crippen molar-refractivity contribution in [3.8, 4) is 11.4 Å². The van der Waals surface area contributed by atoms with Gasteiger partial charge in [0.1, 0.15) is 0 Å². The summed E-state index contributed by atoms with van der Waals surface area (Å²) in [5.74, 6) is 0.964. The maximum Gasteiger partial charge on any atom is 0.253 e. The van der Waals surface area contributed by atoms with Crippen LogP contribution >= 0.6 is 0 Å². The number of carbonyl (C=O) groups excluding carboxylic acids is 1. The lowest BCUT2D eigenvalue weighted by molar-refractivity contribution is 0.0785. The number of aliphatic hydroxyl groups is 1. The molecule has 0 spiro atoms. The highest BCUT2D eigenvalue weighted by Crippen LogP contribution is 2.22. The zero-order valence-electron chi connectivity index (χ0n) is 11.6. The number of hydrogen-bond acceptors (Lipinski definition) is 5. The molecule has 110 valence electrons. The van der Waals surface area contributed by atoms with Crippen LogP contribution in [0.3, 0.4) is 0 Å². The van der Waals surface area contributed by atoms with E-state index in [0.717, 1.165) is 31.5 Å². The van der Waals surface area contributed by atoms with E-state index in [1.165, 1.54) is 0 Å². The van der Waals surface area contributed by atoms with Crippen LogP contribution in [0.5, 0.6) is 0 Å². The Morgan fingerprint density at radius 3 is 2.86 bits per heavy atom. The number of carbonyl (C=O) groups is 1. The largest absolute Gasteiger partial charge is 0.396 e. The lowest BCUT2D eigenvalue weighted by atomic mass is 10.1. The van der Waals surface area contributed by atoms with Crippen LogP contribution < -0.4 is 0 Å². The molecule has 1 saturated heterocycles. The molecule has 0 radical (unpaired) electrons. The van der Waals surface area contributed by atoms with Gasteiger partial charge in [-0.15, -0.1) is 10.2 Å². The molecule has 0 saturated carbocycles. The maximum absolute atomic E-state index is 12.4. The predicted octanol–water partition coefficient (Wildman–Crippen LogP) is 0.711. The van der Waals surface area contributed by atoms with Gasteiger partial charge in [-0.2, -0.15) is 5.21 Å². The first kappa shape index (κ1) is 13.7. The van der Waals surface area contributed by atoms with Gasteiger partial charge in [0.2, 0.25) is 5.82 Å². The number of tetrazole rings is 1. The number of nitrogens with zero attached hydrogens (tertiary/aromatic N) is 4. The van der Waals surface area contributed by atoms with Crippen LogP contribution in [0.2, 0.25) is 0 Å². The van der Waals surface area contributed by atoms with Crippen molar-refractivity contribution < 1.29 is 9.90 Å². The zero-order chi connectivity index (χ0) is 14.7. The molecule has 1 fully saturated rings. The summed E-state index contributed by atoms with van der Waals surface area (Å²) in [6.07, 6.45) is 1.73. The highest BCUT2D eigenvalue weighted by molar-refractivity contribution is 5.94. The van der Waals surface area contributed by atoms with Crippen molar-refractivity contribution in [1.82, 2.24) is 25.5 Å². The minimum Gasteiger partial charge on any atom is -0.396 e. The van der Waals surface area contributed by atoms with Crippen molar-refractivity contribution in [3.05, 3.63) is 29.8 Å². The Bertz CT molecular complexity index is 596. The molecule has 7 nitrogen and oxygen atoms in total. The van der Waals surface area contributed by atoms with E-state index < -0.39 is 0 Å². The summed E-state index contributed by atoms with van der Waals surface area (Å²) >= 11 is 0. The van der Waals surface area contributed by atoms with Crippen molar-refractivity contribution in [2.75, 3.05) is 19.7 Å². The summed E-state index contributed by atoms with van der Waals surface area (Å²) in [7, 11) is 0. The molecule has 0 bridgehead atoms. The van der Waals surface area contributed by atoms with Crippen molar-refractivity contribution in [1.29, 1.82) is 0 Å². The first-order chi connectivity index (χ1) is 10.3. The van der Waals surface area contributed by atoms with Gasteiger partial charge in [-0.05, 0) is 36.1 Å². The molecule has 1 atom stereocenters. The lowest BCUT2D eigenvalue weighted by Gasteiger charge is -2.16. The topological polar surface area (TPSA) is 95.0 Å². The van der Waals surface area contributed by atoms with E-state index in [0.29, 0.717) is 17.3 Å². The number of aliphatic hydroxyl groups excluding tert-OH is 1. The molecule has 1 amide bonds. The maximum atomic E-state index is 12.4. The quantitative estimate of drug-likeness (QED) is 0.863. The Morgan fingerprint density at radius 2 is 2.19 bits per heavy atom. The van der Waals surface area contributed by atoms with Gasteiger partial charge in [0.15, 0.2) is 0 Å². The average molecular weight is 287 g/mol. The van der Waals surface area contributed by atoms with Gasteiger partial charge < -0.3 is 10.0 Å². The van der Waals surface area contributed by atoms with Crippen LogP contribution in [0.15, 0.2) is 24.3 Å². The molecule has 0 aliphatic carbocycles. The zero-order valence-corrected chi connectivity index (χ0v) is 11.6. The van der Waals surface area contributed by atoms with Crippen LogP contribution in [0.1, 0.15) is 23.2 Å². The third-order valence-electron chi connectivity index (χ3n) is 3.85. The summed E-state index contributed by atoms with van der Waals surface area (Å²) in [6.45, 7) is 1.67.